The summed E-state index contributed by atoms with van der Waals surface area (Å²) in [6, 6.07) is 22.5. The second kappa shape index (κ2) is 15.2. The van der Waals surface area contributed by atoms with E-state index in [9.17, 15) is 24.9 Å². The van der Waals surface area contributed by atoms with Crippen LogP contribution in [0, 0.1) is 0 Å². The van der Waals surface area contributed by atoms with Crippen LogP contribution in [0.4, 0.5) is 11.4 Å². The highest BCUT2D eigenvalue weighted by molar-refractivity contribution is 7.16. The van der Waals surface area contributed by atoms with Gasteiger partial charge in [-0.05, 0) is 41.0 Å². The zero-order chi connectivity index (χ0) is 36.7. The van der Waals surface area contributed by atoms with Crippen LogP contribution in [0.5, 0.6) is 11.5 Å². The van der Waals surface area contributed by atoms with E-state index in [1.54, 1.807) is 35.1 Å². The predicted molar refractivity (Wildman–Crippen MR) is 204 cm³/mol. The predicted octanol–water partition coefficient (Wildman–Crippen LogP) is 6.48. The van der Waals surface area contributed by atoms with Gasteiger partial charge in [0.15, 0.2) is 6.29 Å². The number of rotatable bonds is 12. The van der Waals surface area contributed by atoms with Gasteiger partial charge in [-0.3, -0.25) is 9.59 Å². The number of hydrogen-bond acceptors (Lipinski definition) is 9. The van der Waals surface area contributed by atoms with Crippen molar-refractivity contribution in [2.45, 2.75) is 37.3 Å². The highest BCUT2D eigenvalue weighted by atomic mass is 35.5. The molecule has 4 aromatic carbocycles. The molecule has 3 N–H and O–H groups in total. The summed E-state index contributed by atoms with van der Waals surface area (Å²) in [5.41, 5.74) is 3.29. The van der Waals surface area contributed by atoms with Crippen molar-refractivity contribution in [2.75, 3.05) is 55.0 Å². The van der Waals surface area contributed by atoms with Crippen LogP contribution >= 0.6 is 34.5 Å². The first-order valence-corrected chi connectivity index (χ1v) is 18.8. The van der Waals surface area contributed by atoms with Crippen LogP contribution in [0.2, 0.25) is 0 Å². The largest absolute Gasteiger partial charge is 0.496 e. The SMILES string of the molecule is COc1cc2c(c3ccccc13)[C@H](CCl)CN2C(=O)c1ccc(C(=O)N2CC(CCl)c3c2cc(OC[C@@H](O)OC(CO)C(C)O)c2ccccc32)s1. The Morgan fingerprint density at radius 3 is 1.75 bits per heavy atom. The smallest absolute Gasteiger partial charge is 0.268 e. The summed E-state index contributed by atoms with van der Waals surface area (Å²) in [5.74, 6) is 0.957. The van der Waals surface area contributed by atoms with Gasteiger partial charge in [-0.25, -0.2) is 0 Å². The standard InChI is InChI=1S/C39H38Cl2N2O8S/c1-21(45)32(19-44)51-35(46)20-50-31-14-29-37(27-10-6-4-8-25(27)31)23(16-41)18-43(29)39(48)34-12-11-33(52-34)38(47)42-17-22(15-40)36-26-9-5-3-7-24(26)30(49-2)13-28(36)42/h3-14,21-23,32,35,44-46H,15-20H2,1-2H3/t21?,22-,23?,32?,35+/m1/s1. The fourth-order valence-corrected chi connectivity index (χ4v) is 8.70. The van der Waals surface area contributed by atoms with Gasteiger partial charge < -0.3 is 39.3 Å². The van der Waals surface area contributed by atoms with Crippen molar-refractivity contribution in [1.29, 1.82) is 0 Å². The molecule has 0 saturated carbocycles. The maximum Gasteiger partial charge on any atom is 0.268 e. The van der Waals surface area contributed by atoms with Crippen molar-refractivity contribution in [3.8, 4) is 11.5 Å². The van der Waals surface area contributed by atoms with Crippen LogP contribution in [0.25, 0.3) is 21.5 Å². The van der Waals surface area contributed by atoms with Gasteiger partial charge in [0.2, 0.25) is 0 Å². The van der Waals surface area contributed by atoms with Crippen molar-refractivity contribution < 1.29 is 39.1 Å². The number of anilines is 2. The summed E-state index contributed by atoms with van der Waals surface area (Å²) < 4.78 is 17.1. The number of halogens is 2. The molecule has 2 aliphatic rings. The topological polar surface area (TPSA) is 129 Å². The molecule has 0 fully saturated rings. The van der Waals surface area contributed by atoms with Crippen LogP contribution < -0.4 is 19.3 Å². The van der Waals surface area contributed by atoms with Crippen LogP contribution in [0.3, 0.4) is 0 Å². The van der Waals surface area contributed by atoms with Gasteiger partial charge in [0, 0.05) is 59.6 Å². The average Bonchev–Trinajstić information content (AvgIpc) is 3.91. The first-order chi connectivity index (χ1) is 25.2. The number of benzene rings is 4. The van der Waals surface area contributed by atoms with Gasteiger partial charge in [0.05, 0.1) is 40.9 Å². The molecule has 0 saturated heterocycles. The molecule has 10 nitrogen and oxygen atoms in total. The van der Waals surface area contributed by atoms with E-state index in [4.69, 9.17) is 37.4 Å². The van der Waals surface area contributed by atoms with Gasteiger partial charge in [0.25, 0.3) is 11.8 Å². The van der Waals surface area contributed by atoms with Gasteiger partial charge in [-0.1, -0.05) is 48.5 Å². The fraction of sp³-hybridized carbons (Fsp3) is 0.333. The van der Waals surface area contributed by atoms with Crippen molar-refractivity contribution in [3.63, 3.8) is 0 Å². The van der Waals surface area contributed by atoms with Crippen molar-refractivity contribution in [1.82, 2.24) is 0 Å². The third kappa shape index (κ3) is 6.49. The second-order valence-electron chi connectivity index (χ2n) is 13.0. The molecule has 2 aliphatic heterocycles. The number of carbonyl (C=O) groups is 2. The molecule has 1 aromatic heterocycles. The normalized spacial score (nSPS) is 18.4. The molecule has 5 atom stereocenters. The third-order valence-corrected chi connectivity index (χ3v) is 11.6. The summed E-state index contributed by atoms with van der Waals surface area (Å²) in [6.45, 7) is 1.42. The summed E-state index contributed by atoms with van der Waals surface area (Å²) in [6.07, 6.45) is -3.42. The zero-order valence-corrected chi connectivity index (χ0v) is 30.8. The lowest BCUT2D eigenvalue weighted by atomic mass is 9.95. The van der Waals surface area contributed by atoms with Gasteiger partial charge in [0.1, 0.15) is 24.2 Å². The van der Waals surface area contributed by atoms with E-state index < -0.39 is 25.1 Å². The summed E-state index contributed by atoms with van der Waals surface area (Å²) >= 11 is 14.1. The molecule has 272 valence electrons. The van der Waals surface area contributed by atoms with Gasteiger partial charge in [-0.15, -0.1) is 34.5 Å². The molecule has 5 aromatic rings. The fourth-order valence-electron chi connectivity index (χ4n) is 7.30. The van der Waals surface area contributed by atoms with Gasteiger partial charge in [-0.2, -0.15) is 0 Å². The zero-order valence-electron chi connectivity index (χ0n) is 28.5. The molecule has 0 aliphatic carbocycles. The van der Waals surface area contributed by atoms with E-state index in [1.807, 2.05) is 54.6 Å². The number of fused-ring (bicyclic) bond motifs is 6. The Morgan fingerprint density at radius 1 is 0.808 bits per heavy atom. The lowest BCUT2D eigenvalue weighted by molar-refractivity contribution is -0.183. The molecule has 2 amide bonds. The molecule has 52 heavy (non-hydrogen) atoms. The molecule has 0 bridgehead atoms. The lowest BCUT2D eigenvalue weighted by Crippen LogP contribution is -2.36. The molecule has 7 rings (SSSR count). The Hall–Kier alpha value is -3.94. The number of methoxy groups -OCH3 is 1. The molecule has 13 heteroatoms. The Labute approximate surface area is 314 Å². The first-order valence-electron chi connectivity index (χ1n) is 16.9. The minimum atomic E-state index is -1.43. The van der Waals surface area contributed by atoms with Crippen LogP contribution in [0.1, 0.15) is 49.2 Å². The molecular formula is C39H38Cl2N2O8S. The van der Waals surface area contributed by atoms with Crippen molar-refractivity contribution >= 4 is 79.3 Å². The van der Waals surface area contributed by atoms with E-state index in [0.717, 1.165) is 49.7 Å². The summed E-state index contributed by atoms with van der Waals surface area (Å²) in [7, 11) is 1.61. The number of amides is 2. The lowest BCUT2D eigenvalue weighted by Gasteiger charge is -2.23. The highest BCUT2D eigenvalue weighted by Gasteiger charge is 2.38. The van der Waals surface area contributed by atoms with E-state index in [1.165, 1.54) is 6.92 Å². The maximum absolute atomic E-state index is 14.3. The Balaban J connectivity index is 1.18. The molecule has 3 unspecified atom stereocenters. The minimum Gasteiger partial charge on any atom is -0.496 e. The van der Waals surface area contributed by atoms with E-state index in [2.05, 4.69) is 0 Å². The number of aliphatic hydroxyl groups is 3. The number of thiophene rings is 1. The van der Waals surface area contributed by atoms with Crippen LogP contribution in [0.15, 0.2) is 72.8 Å². The van der Waals surface area contributed by atoms with Crippen LogP contribution in [-0.2, 0) is 4.74 Å². The number of carbonyl (C=O) groups excluding carboxylic acids is 2. The molecule has 3 heterocycles. The van der Waals surface area contributed by atoms with E-state index >= 15 is 0 Å². The number of aliphatic hydroxyl groups excluding tert-OH is 3. The van der Waals surface area contributed by atoms with Crippen molar-refractivity contribution in [2.24, 2.45) is 0 Å². The van der Waals surface area contributed by atoms with E-state index in [-0.39, 0.29) is 36.1 Å². The molecular weight excluding hydrogens is 727 g/mol. The quantitative estimate of drug-likeness (QED) is 0.0973. The van der Waals surface area contributed by atoms with Crippen molar-refractivity contribution in [3.05, 3.63) is 93.7 Å². The first kappa shape index (κ1) is 36.4. The minimum absolute atomic E-state index is 0.0701. The van der Waals surface area contributed by atoms with Gasteiger partial charge >= 0.3 is 0 Å². The number of alkyl halides is 2. The Kier molecular flexibility index (Phi) is 10.6. The maximum atomic E-state index is 14.3. The number of ether oxygens (including phenoxy) is 3. The average molecular weight is 766 g/mol. The van der Waals surface area contributed by atoms with E-state index in [0.29, 0.717) is 45.9 Å². The summed E-state index contributed by atoms with van der Waals surface area (Å²) in [4.78, 5) is 32.6. The van der Waals surface area contributed by atoms with Crippen LogP contribution in [-0.4, -0.2) is 90.8 Å². The number of hydrogen-bond donors (Lipinski definition) is 3. The highest BCUT2D eigenvalue weighted by Crippen LogP contribution is 2.48. The second-order valence-corrected chi connectivity index (χ2v) is 14.7. The Bertz CT molecular complexity index is 2140. The third-order valence-electron chi connectivity index (χ3n) is 9.80. The number of nitrogens with zero attached hydrogens (tertiary/aromatic N) is 2. The summed E-state index contributed by atoms with van der Waals surface area (Å²) in [5, 5.41) is 33.3. The molecule has 0 radical (unpaired) electrons. The monoisotopic (exact) mass is 764 g/mol. The Morgan fingerprint density at radius 2 is 1.29 bits per heavy atom. The molecule has 0 spiro atoms.